The zero-order chi connectivity index (χ0) is 11.1. The number of carboxylic acids is 1. The molecule has 0 saturated carbocycles. The first kappa shape index (κ1) is 12.4. The number of hydrogen-bond donors (Lipinski definition) is 2. The average molecular weight is 203 g/mol. The van der Waals surface area contributed by atoms with E-state index in [4.69, 9.17) is 5.11 Å². The van der Waals surface area contributed by atoms with E-state index in [2.05, 4.69) is 10.1 Å². The molecule has 1 amide bonds. The fourth-order valence-corrected chi connectivity index (χ4v) is 0.867. The Morgan fingerprint density at radius 2 is 2.00 bits per heavy atom. The monoisotopic (exact) mass is 203 g/mol. The van der Waals surface area contributed by atoms with Crippen LogP contribution in [-0.4, -0.2) is 36.1 Å². The summed E-state index contributed by atoms with van der Waals surface area (Å²) < 4.78 is 4.34. The summed E-state index contributed by atoms with van der Waals surface area (Å²) in [5, 5.41) is 10.9. The van der Waals surface area contributed by atoms with Crippen LogP contribution >= 0.6 is 0 Å². The Balaban J connectivity index is 4.04. The fourth-order valence-electron chi connectivity index (χ4n) is 0.867. The van der Waals surface area contributed by atoms with Crippen LogP contribution in [0.3, 0.4) is 0 Å². The van der Waals surface area contributed by atoms with E-state index in [1.807, 2.05) is 0 Å². The van der Waals surface area contributed by atoms with Gasteiger partial charge in [-0.1, -0.05) is 0 Å². The van der Waals surface area contributed by atoms with Gasteiger partial charge in [-0.25, -0.2) is 4.79 Å². The first-order chi connectivity index (χ1) is 6.47. The first-order valence-corrected chi connectivity index (χ1v) is 4.04. The van der Waals surface area contributed by atoms with Crippen molar-refractivity contribution >= 4 is 17.8 Å². The summed E-state index contributed by atoms with van der Waals surface area (Å²) in [4.78, 5) is 31.8. The molecule has 0 radical (unpaired) electrons. The van der Waals surface area contributed by atoms with Crippen molar-refractivity contribution in [3.8, 4) is 0 Å². The van der Waals surface area contributed by atoms with Crippen molar-refractivity contribution in [2.75, 3.05) is 7.11 Å². The van der Waals surface area contributed by atoms with E-state index < -0.39 is 23.9 Å². The highest BCUT2D eigenvalue weighted by atomic mass is 16.5. The van der Waals surface area contributed by atoms with Crippen LogP contribution in [0.2, 0.25) is 0 Å². The van der Waals surface area contributed by atoms with Crippen molar-refractivity contribution in [2.45, 2.75) is 25.8 Å². The predicted octanol–water partition coefficient (Wildman–Crippen LogP) is -0.471. The smallest absolute Gasteiger partial charge is 0.326 e. The van der Waals surface area contributed by atoms with Crippen molar-refractivity contribution in [3.05, 3.63) is 0 Å². The van der Waals surface area contributed by atoms with E-state index >= 15 is 0 Å². The van der Waals surface area contributed by atoms with Gasteiger partial charge in [0.25, 0.3) is 0 Å². The zero-order valence-electron chi connectivity index (χ0n) is 8.07. The predicted molar refractivity (Wildman–Crippen MR) is 46.5 cm³/mol. The van der Waals surface area contributed by atoms with Crippen LogP contribution in [-0.2, 0) is 19.1 Å². The zero-order valence-corrected chi connectivity index (χ0v) is 8.07. The number of amides is 1. The highest BCUT2D eigenvalue weighted by Crippen LogP contribution is 1.99. The number of ether oxygens (including phenoxy) is 1. The second-order valence-corrected chi connectivity index (χ2v) is 2.71. The second-order valence-electron chi connectivity index (χ2n) is 2.71. The first-order valence-electron chi connectivity index (χ1n) is 4.04. The molecule has 0 spiro atoms. The van der Waals surface area contributed by atoms with Crippen molar-refractivity contribution in [2.24, 2.45) is 0 Å². The van der Waals surface area contributed by atoms with Gasteiger partial charge < -0.3 is 15.2 Å². The van der Waals surface area contributed by atoms with Crippen LogP contribution in [0.4, 0.5) is 0 Å². The minimum atomic E-state index is -1.16. The molecule has 0 rings (SSSR count). The fraction of sp³-hybridized carbons (Fsp3) is 0.625. The maximum Gasteiger partial charge on any atom is 0.326 e. The minimum absolute atomic E-state index is 0.0294. The van der Waals surface area contributed by atoms with Gasteiger partial charge in [0.1, 0.15) is 6.04 Å². The van der Waals surface area contributed by atoms with Gasteiger partial charge in [-0.15, -0.1) is 0 Å². The van der Waals surface area contributed by atoms with E-state index in [1.54, 1.807) is 0 Å². The van der Waals surface area contributed by atoms with Crippen molar-refractivity contribution < 1.29 is 24.2 Å². The second kappa shape index (κ2) is 5.95. The Morgan fingerprint density at radius 1 is 1.43 bits per heavy atom. The Labute approximate surface area is 81.2 Å². The third-order valence-corrected chi connectivity index (χ3v) is 1.54. The van der Waals surface area contributed by atoms with Crippen molar-refractivity contribution in [1.29, 1.82) is 0 Å². The van der Waals surface area contributed by atoms with Gasteiger partial charge in [-0.3, -0.25) is 9.59 Å². The average Bonchev–Trinajstić information content (AvgIpc) is 2.10. The largest absolute Gasteiger partial charge is 0.480 e. The Morgan fingerprint density at radius 3 is 2.36 bits per heavy atom. The number of hydrogen-bond acceptors (Lipinski definition) is 4. The molecular formula is C8H13NO5. The van der Waals surface area contributed by atoms with E-state index in [9.17, 15) is 14.4 Å². The number of carbonyl (C=O) groups is 3. The van der Waals surface area contributed by atoms with Crippen LogP contribution in [0.1, 0.15) is 19.8 Å². The lowest BCUT2D eigenvalue weighted by atomic mass is 10.1. The van der Waals surface area contributed by atoms with Crippen molar-refractivity contribution in [3.63, 3.8) is 0 Å². The number of carbonyl (C=O) groups excluding carboxylic acids is 2. The van der Waals surface area contributed by atoms with Crippen LogP contribution in [0, 0.1) is 0 Å². The summed E-state index contributed by atoms with van der Waals surface area (Å²) in [7, 11) is 1.22. The van der Waals surface area contributed by atoms with Crippen molar-refractivity contribution in [1.82, 2.24) is 5.32 Å². The number of aliphatic carboxylic acids is 1. The summed E-state index contributed by atoms with van der Waals surface area (Å²) in [6.45, 7) is 1.22. The van der Waals surface area contributed by atoms with Gasteiger partial charge in [0, 0.05) is 13.3 Å². The molecule has 1 atom stereocenters. The lowest BCUT2D eigenvalue weighted by molar-refractivity contribution is -0.143. The molecule has 0 aliphatic carbocycles. The Bertz CT molecular complexity index is 238. The summed E-state index contributed by atoms with van der Waals surface area (Å²) in [6.07, 6.45) is -0.00463. The molecule has 80 valence electrons. The molecule has 0 aromatic rings. The van der Waals surface area contributed by atoms with E-state index in [0.717, 1.165) is 0 Å². The van der Waals surface area contributed by atoms with Crippen LogP contribution in [0.25, 0.3) is 0 Å². The normalized spacial score (nSPS) is 11.6. The van der Waals surface area contributed by atoms with Crippen LogP contribution in [0.5, 0.6) is 0 Å². The summed E-state index contributed by atoms with van der Waals surface area (Å²) in [6, 6.07) is -1.04. The van der Waals surface area contributed by atoms with Gasteiger partial charge in [-0.2, -0.15) is 0 Å². The van der Waals surface area contributed by atoms with Gasteiger partial charge >= 0.3 is 11.9 Å². The van der Waals surface area contributed by atoms with Crippen LogP contribution in [0.15, 0.2) is 0 Å². The Kier molecular flexibility index (Phi) is 5.28. The molecule has 0 bridgehead atoms. The minimum Gasteiger partial charge on any atom is -0.480 e. The maximum absolute atomic E-state index is 10.7. The highest BCUT2D eigenvalue weighted by molar-refractivity contribution is 5.82. The number of rotatable bonds is 5. The van der Waals surface area contributed by atoms with Gasteiger partial charge in [0.05, 0.1) is 7.11 Å². The third kappa shape index (κ3) is 5.13. The number of carboxylic acid groups (broad SMARTS) is 1. The van der Waals surface area contributed by atoms with E-state index in [0.29, 0.717) is 0 Å². The SMILES string of the molecule is COC(=O)CC[C@H](NC(C)=O)C(=O)O. The molecule has 0 aromatic heterocycles. The number of methoxy groups -OCH3 is 1. The number of esters is 1. The summed E-state index contributed by atoms with van der Waals surface area (Å²) in [5.41, 5.74) is 0. The van der Waals surface area contributed by atoms with Crippen LogP contribution < -0.4 is 5.32 Å². The van der Waals surface area contributed by atoms with E-state index in [1.165, 1.54) is 14.0 Å². The molecule has 6 heteroatoms. The molecule has 2 N–H and O–H groups in total. The maximum atomic E-state index is 10.7. The molecule has 14 heavy (non-hydrogen) atoms. The van der Waals surface area contributed by atoms with Gasteiger partial charge in [0.2, 0.25) is 5.91 Å². The topological polar surface area (TPSA) is 92.7 Å². The highest BCUT2D eigenvalue weighted by Gasteiger charge is 2.19. The molecule has 0 aliphatic rings. The molecule has 0 fully saturated rings. The lowest BCUT2D eigenvalue weighted by Gasteiger charge is -2.11. The molecule has 0 saturated heterocycles. The van der Waals surface area contributed by atoms with Gasteiger partial charge in [-0.05, 0) is 6.42 Å². The quantitative estimate of drug-likeness (QED) is 0.589. The standard InChI is InChI=1S/C8H13NO5/c1-5(10)9-6(8(12)13)3-4-7(11)14-2/h6H,3-4H2,1-2H3,(H,9,10)(H,12,13)/t6-/m0/s1. The molecule has 6 nitrogen and oxygen atoms in total. The number of nitrogens with one attached hydrogen (secondary N) is 1. The summed E-state index contributed by atoms with van der Waals surface area (Å²) in [5.74, 6) is -2.10. The Hall–Kier alpha value is -1.59. The molecular weight excluding hydrogens is 190 g/mol. The third-order valence-electron chi connectivity index (χ3n) is 1.54. The molecule has 0 heterocycles. The van der Waals surface area contributed by atoms with E-state index in [-0.39, 0.29) is 12.8 Å². The summed E-state index contributed by atoms with van der Waals surface area (Å²) >= 11 is 0. The molecule has 0 aliphatic heterocycles. The van der Waals surface area contributed by atoms with Gasteiger partial charge in [0.15, 0.2) is 0 Å². The molecule has 0 aromatic carbocycles. The lowest BCUT2D eigenvalue weighted by Crippen LogP contribution is -2.39. The molecule has 0 unspecified atom stereocenters.